The molecule has 1 nitrogen and oxygen atoms in total. The minimum Gasteiger partial charge on any atom is -0.389 e. The maximum absolute atomic E-state index is 13.6. The number of aliphatic hydroxyl groups excluding tert-OH is 1. The summed E-state index contributed by atoms with van der Waals surface area (Å²) in [6.45, 7) is 7.13. The fourth-order valence-corrected chi connectivity index (χ4v) is 2.00. The number of halogens is 1. The van der Waals surface area contributed by atoms with Gasteiger partial charge in [0.2, 0.25) is 0 Å². The first-order valence-electron chi connectivity index (χ1n) is 6.28. The second-order valence-electron chi connectivity index (χ2n) is 4.57. The number of aryl methyl sites for hydroxylation is 1. The highest BCUT2D eigenvalue weighted by Crippen LogP contribution is 2.29. The Kier molecular flexibility index (Phi) is 5.79. The predicted octanol–water partition coefficient (Wildman–Crippen LogP) is 4.12. The lowest BCUT2D eigenvalue weighted by atomic mass is 9.87. The van der Waals surface area contributed by atoms with Crippen LogP contribution in [0.1, 0.15) is 36.8 Å². The SMILES string of the molecule is C=CC.Cc1ccc(C2C=CC(O)CC2)c(F)c1. The summed E-state index contributed by atoms with van der Waals surface area (Å²) >= 11 is 0. The highest BCUT2D eigenvalue weighted by Gasteiger charge is 2.18. The summed E-state index contributed by atoms with van der Waals surface area (Å²) in [6, 6.07) is 5.34. The molecule has 98 valence electrons. The molecule has 0 saturated carbocycles. The van der Waals surface area contributed by atoms with E-state index >= 15 is 0 Å². The van der Waals surface area contributed by atoms with Gasteiger partial charge in [-0.2, -0.15) is 0 Å². The Bertz CT molecular complexity index is 423. The summed E-state index contributed by atoms with van der Waals surface area (Å²) in [6.07, 6.45) is 6.59. The zero-order valence-electron chi connectivity index (χ0n) is 11.1. The van der Waals surface area contributed by atoms with Crippen LogP contribution >= 0.6 is 0 Å². The maximum atomic E-state index is 13.6. The van der Waals surface area contributed by atoms with Crippen molar-refractivity contribution >= 4 is 0 Å². The van der Waals surface area contributed by atoms with Crippen LogP contribution in [0.5, 0.6) is 0 Å². The van der Waals surface area contributed by atoms with Gasteiger partial charge in [0.25, 0.3) is 0 Å². The Morgan fingerprint density at radius 1 is 1.33 bits per heavy atom. The van der Waals surface area contributed by atoms with Crippen LogP contribution in [-0.2, 0) is 0 Å². The monoisotopic (exact) mass is 248 g/mol. The molecule has 2 heteroatoms. The van der Waals surface area contributed by atoms with E-state index in [4.69, 9.17) is 0 Å². The number of hydrogen-bond acceptors (Lipinski definition) is 1. The van der Waals surface area contributed by atoms with Crippen molar-refractivity contribution in [1.82, 2.24) is 0 Å². The normalized spacial score (nSPS) is 22.0. The third-order valence-electron chi connectivity index (χ3n) is 2.89. The second-order valence-corrected chi connectivity index (χ2v) is 4.57. The van der Waals surface area contributed by atoms with E-state index in [0.29, 0.717) is 6.42 Å². The lowest BCUT2D eigenvalue weighted by molar-refractivity contribution is 0.200. The van der Waals surface area contributed by atoms with Gasteiger partial charge in [0.1, 0.15) is 5.82 Å². The molecule has 0 heterocycles. The molecule has 0 saturated heterocycles. The van der Waals surface area contributed by atoms with E-state index in [9.17, 15) is 9.50 Å². The largest absolute Gasteiger partial charge is 0.389 e. The Hall–Kier alpha value is -1.41. The van der Waals surface area contributed by atoms with Gasteiger partial charge in [0.15, 0.2) is 0 Å². The van der Waals surface area contributed by atoms with Crippen LogP contribution in [0.2, 0.25) is 0 Å². The van der Waals surface area contributed by atoms with Crippen molar-refractivity contribution in [3.63, 3.8) is 0 Å². The minimum absolute atomic E-state index is 0.119. The van der Waals surface area contributed by atoms with E-state index in [2.05, 4.69) is 6.58 Å². The minimum atomic E-state index is -0.352. The van der Waals surface area contributed by atoms with Crippen molar-refractivity contribution in [3.05, 3.63) is 60.0 Å². The van der Waals surface area contributed by atoms with Crippen molar-refractivity contribution in [2.75, 3.05) is 0 Å². The molecule has 0 amide bonds. The summed E-state index contributed by atoms with van der Waals surface area (Å²) in [5, 5.41) is 9.31. The Balaban J connectivity index is 0.000000492. The first-order chi connectivity index (χ1) is 8.58. The van der Waals surface area contributed by atoms with Crippen LogP contribution in [0.25, 0.3) is 0 Å². The molecule has 1 aliphatic rings. The number of hydrogen-bond donors (Lipinski definition) is 1. The van der Waals surface area contributed by atoms with Crippen molar-refractivity contribution in [2.45, 2.75) is 38.7 Å². The summed E-state index contributed by atoms with van der Waals surface area (Å²) in [5.74, 6) is -0.0185. The molecule has 0 bridgehead atoms. The fraction of sp³-hybridized carbons (Fsp3) is 0.375. The van der Waals surface area contributed by atoms with Crippen LogP contribution in [0, 0.1) is 12.7 Å². The number of benzene rings is 1. The molecule has 1 N–H and O–H groups in total. The van der Waals surface area contributed by atoms with Gasteiger partial charge in [-0.25, -0.2) is 4.39 Å². The van der Waals surface area contributed by atoms with Crippen LogP contribution in [0.4, 0.5) is 4.39 Å². The maximum Gasteiger partial charge on any atom is 0.127 e. The second kappa shape index (κ2) is 7.12. The van der Waals surface area contributed by atoms with E-state index in [1.165, 1.54) is 0 Å². The van der Waals surface area contributed by atoms with E-state index in [0.717, 1.165) is 17.5 Å². The number of rotatable bonds is 1. The average molecular weight is 248 g/mol. The van der Waals surface area contributed by atoms with Gasteiger partial charge >= 0.3 is 0 Å². The third-order valence-corrected chi connectivity index (χ3v) is 2.89. The zero-order chi connectivity index (χ0) is 13.5. The standard InChI is InChI=1S/C13H15FO.C3H6/c1-9-2-7-12(13(14)8-9)10-3-5-11(15)6-4-10;1-3-2/h2-3,5,7-8,10-11,15H,4,6H2,1H3;3H,1H2,2H3. The van der Waals surface area contributed by atoms with Crippen molar-refractivity contribution in [3.8, 4) is 0 Å². The molecule has 18 heavy (non-hydrogen) atoms. The smallest absolute Gasteiger partial charge is 0.127 e. The van der Waals surface area contributed by atoms with Gasteiger partial charge in [-0.1, -0.05) is 30.4 Å². The Morgan fingerprint density at radius 2 is 2.00 bits per heavy atom. The summed E-state index contributed by atoms with van der Waals surface area (Å²) in [4.78, 5) is 0. The van der Waals surface area contributed by atoms with Crippen LogP contribution in [-0.4, -0.2) is 11.2 Å². The zero-order valence-corrected chi connectivity index (χ0v) is 11.1. The highest BCUT2D eigenvalue weighted by atomic mass is 19.1. The van der Waals surface area contributed by atoms with Gasteiger partial charge < -0.3 is 5.11 Å². The van der Waals surface area contributed by atoms with Gasteiger partial charge in [-0.05, 0) is 43.9 Å². The van der Waals surface area contributed by atoms with Crippen LogP contribution in [0.3, 0.4) is 0 Å². The van der Waals surface area contributed by atoms with Crippen molar-refractivity contribution in [2.24, 2.45) is 0 Å². The Morgan fingerprint density at radius 3 is 2.50 bits per heavy atom. The first kappa shape index (κ1) is 14.7. The summed E-state index contributed by atoms with van der Waals surface area (Å²) < 4.78 is 13.6. The van der Waals surface area contributed by atoms with E-state index in [-0.39, 0.29) is 17.8 Å². The number of aliphatic hydroxyl groups is 1. The van der Waals surface area contributed by atoms with Crippen molar-refractivity contribution < 1.29 is 9.50 Å². The molecule has 2 atom stereocenters. The molecule has 1 aromatic rings. The first-order valence-corrected chi connectivity index (χ1v) is 6.28. The molecular formula is C16H21FO. The quantitative estimate of drug-likeness (QED) is 0.741. The lowest BCUT2D eigenvalue weighted by Crippen LogP contribution is -2.12. The lowest BCUT2D eigenvalue weighted by Gasteiger charge is -2.20. The molecule has 1 aromatic carbocycles. The van der Waals surface area contributed by atoms with E-state index < -0.39 is 0 Å². The van der Waals surface area contributed by atoms with E-state index in [1.807, 2.05) is 32.1 Å². The molecule has 0 aliphatic heterocycles. The van der Waals surface area contributed by atoms with Gasteiger partial charge in [-0.3, -0.25) is 0 Å². The topological polar surface area (TPSA) is 20.2 Å². The van der Waals surface area contributed by atoms with Crippen LogP contribution < -0.4 is 0 Å². The molecule has 1 aliphatic carbocycles. The third kappa shape index (κ3) is 4.11. The van der Waals surface area contributed by atoms with Crippen molar-refractivity contribution in [1.29, 1.82) is 0 Å². The molecule has 0 radical (unpaired) electrons. The molecule has 2 unspecified atom stereocenters. The van der Waals surface area contributed by atoms with Gasteiger partial charge in [0.05, 0.1) is 6.10 Å². The Labute approximate surface area is 109 Å². The average Bonchev–Trinajstić information content (AvgIpc) is 2.32. The molecule has 0 fully saturated rings. The summed E-state index contributed by atoms with van der Waals surface area (Å²) in [7, 11) is 0. The molecule has 2 rings (SSSR count). The van der Waals surface area contributed by atoms with Gasteiger partial charge in [-0.15, -0.1) is 6.58 Å². The van der Waals surface area contributed by atoms with E-state index in [1.54, 1.807) is 18.2 Å². The fourth-order valence-electron chi connectivity index (χ4n) is 2.00. The number of allylic oxidation sites excluding steroid dienone is 2. The highest BCUT2D eigenvalue weighted by molar-refractivity contribution is 5.30. The molecule has 0 aromatic heterocycles. The molecular weight excluding hydrogens is 227 g/mol. The molecule has 0 spiro atoms. The van der Waals surface area contributed by atoms with Gasteiger partial charge in [0, 0.05) is 5.92 Å². The van der Waals surface area contributed by atoms with Crippen LogP contribution in [0.15, 0.2) is 43.0 Å². The summed E-state index contributed by atoms with van der Waals surface area (Å²) in [5.41, 5.74) is 1.68. The predicted molar refractivity (Wildman–Crippen MR) is 74.1 cm³/mol.